The van der Waals surface area contributed by atoms with Crippen molar-refractivity contribution in [2.75, 3.05) is 5.33 Å². The molecular weight excluding hydrogens is 346 g/mol. The Morgan fingerprint density at radius 2 is 1.94 bits per heavy atom. The summed E-state index contributed by atoms with van der Waals surface area (Å²) in [7, 11) is 0. The molecule has 4 heteroatoms. The normalized spacial score (nSPS) is 14.1. The van der Waals surface area contributed by atoms with Gasteiger partial charge in [0.05, 0.1) is 6.42 Å². The average molecular weight is 363 g/mol. The van der Waals surface area contributed by atoms with Gasteiger partial charge in [0, 0.05) is 15.3 Å². The van der Waals surface area contributed by atoms with Gasteiger partial charge in [-0.15, -0.1) is 0 Å². The lowest BCUT2D eigenvalue weighted by Gasteiger charge is -2.27. The van der Waals surface area contributed by atoms with Crippen LogP contribution >= 0.6 is 31.9 Å². The highest BCUT2D eigenvalue weighted by molar-refractivity contribution is 9.10. The van der Waals surface area contributed by atoms with E-state index in [1.807, 2.05) is 31.2 Å². The first-order chi connectivity index (χ1) is 7.99. The highest BCUT2D eigenvalue weighted by atomic mass is 79.9. The number of rotatable bonds is 5. The zero-order chi connectivity index (χ0) is 12.9. The number of amides is 1. The van der Waals surface area contributed by atoms with Crippen molar-refractivity contribution in [2.45, 2.75) is 32.2 Å². The minimum absolute atomic E-state index is 0.0659. The highest BCUT2D eigenvalue weighted by Crippen LogP contribution is 2.14. The fraction of sp³-hybridized carbons (Fsp3) is 0.462. The number of benzene rings is 1. The number of halogens is 2. The van der Waals surface area contributed by atoms with E-state index in [0.717, 1.165) is 21.8 Å². The Hall–Kier alpha value is -0.350. The fourth-order valence-corrected chi connectivity index (χ4v) is 2.19. The van der Waals surface area contributed by atoms with E-state index in [0.29, 0.717) is 6.42 Å². The number of alkyl halides is 1. The SMILES string of the molecule is CCC(C)(CBr)NC(=O)Cc1ccc(Br)cc1. The summed E-state index contributed by atoms with van der Waals surface area (Å²) >= 11 is 6.81. The van der Waals surface area contributed by atoms with Crippen molar-refractivity contribution in [3.8, 4) is 0 Å². The van der Waals surface area contributed by atoms with Gasteiger partial charge in [-0.1, -0.05) is 50.9 Å². The molecule has 0 spiro atoms. The van der Waals surface area contributed by atoms with Crippen molar-refractivity contribution < 1.29 is 4.79 Å². The zero-order valence-electron chi connectivity index (χ0n) is 10.1. The monoisotopic (exact) mass is 361 g/mol. The molecule has 0 aliphatic rings. The molecule has 1 aromatic rings. The van der Waals surface area contributed by atoms with Crippen LogP contribution in [0.5, 0.6) is 0 Å². The summed E-state index contributed by atoms with van der Waals surface area (Å²) in [6, 6.07) is 7.82. The predicted molar refractivity (Wildman–Crippen MR) is 78.5 cm³/mol. The summed E-state index contributed by atoms with van der Waals surface area (Å²) in [4.78, 5) is 11.9. The Bertz CT molecular complexity index is 372. The second-order valence-electron chi connectivity index (χ2n) is 4.40. The maximum atomic E-state index is 11.9. The summed E-state index contributed by atoms with van der Waals surface area (Å²) in [6.45, 7) is 4.11. The van der Waals surface area contributed by atoms with Crippen molar-refractivity contribution in [2.24, 2.45) is 0 Å². The maximum absolute atomic E-state index is 11.9. The molecule has 0 saturated carbocycles. The molecule has 0 bridgehead atoms. The van der Waals surface area contributed by atoms with Crippen LogP contribution in [0.3, 0.4) is 0 Å². The Kier molecular flexibility index (Phi) is 5.67. The van der Waals surface area contributed by atoms with E-state index < -0.39 is 0 Å². The molecule has 0 aliphatic heterocycles. The maximum Gasteiger partial charge on any atom is 0.224 e. The minimum Gasteiger partial charge on any atom is -0.350 e. The van der Waals surface area contributed by atoms with Gasteiger partial charge in [-0.2, -0.15) is 0 Å². The van der Waals surface area contributed by atoms with Gasteiger partial charge in [-0.3, -0.25) is 4.79 Å². The molecule has 1 amide bonds. The first-order valence-corrected chi connectivity index (χ1v) is 7.52. The minimum atomic E-state index is -0.160. The summed E-state index contributed by atoms with van der Waals surface area (Å²) in [5, 5.41) is 3.82. The van der Waals surface area contributed by atoms with Crippen molar-refractivity contribution in [3.63, 3.8) is 0 Å². The lowest BCUT2D eigenvalue weighted by molar-refractivity contribution is -0.122. The number of nitrogens with one attached hydrogen (secondary N) is 1. The molecule has 1 atom stereocenters. The fourth-order valence-electron chi connectivity index (χ4n) is 1.38. The molecule has 0 aromatic heterocycles. The Morgan fingerprint density at radius 3 is 2.41 bits per heavy atom. The third kappa shape index (κ3) is 4.80. The third-order valence-electron chi connectivity index (χ3n) is 2.79. The molecule has 0 radical (unpaired) electrons. The van der Waals surface area contributed by atoms with Crippen LogP contribution in [0.1, 0.15) is 25.8 Å². The quantitative estimate of drug-likeness (QED) is 0.795. The summed E-state index contributed by atoms with van der Waals surface area (Å²) in [6.07, 6.45) is 1.33. The second kappa shape index (κ2) is 6.55. The molecule has 1 N–H and O–H groups in total. The van der Waals surface area contributed by atoms with E-state index in [9.17, 15) is 4.79 Å². The van der Waals surface area contributed by atoms with Crippen LogP contribution in [-0.2, 0) is 11.2 Å². The van der Waals surface area contributed by atoms with Crippen LogP contribution in [0.2, 0.25) is 0 Å². The molecule has 17 heavy (non-hydrogen) atoms. The molecule has 1 aromatic carbocycles. The van der Waals surface area contributed by atoms with Crippen molar-refractivity contribution >= 4 is 37.8 Å². The Balaban J connectivity index is 2.58. The van der Waals surface area contributed by atoms with Crippen molar-refractivity contribution in [3.05, 3.63) is 34.3 Å². The summed E-state index contributed by atoms with van der Waals surface area (Å²) in [5.74, 6) is 0.0659. The van der Waals surface area contributed by atoms with Crippen LogP contribution in [0.4, 0.5) is 0 Å². The van der Waals surface area contributed by atoms with E-state index in [1.165, 1.54) is 0 Å². The lowest BCUT2D eigenvalue weighted by Crippen LogP contribution is -2.47. The van der Waals surface area contributed by atoms with E-state index in [-0.39, 0.29) is 11.4 Å². The van der Waals surface area contributed by atoms with Crippen molar-refractivity contribution in [1.29, 1.82) is 0 Å². The Morgan fingerprint density at radius 1 is 1.35 bits per heavy atom. The Labute approximate surface area is 119 Å². The van der Waals surface area contributed by atoms with E-state index in [4.69, 9.17) is 0 Å². The van der Waals surface area contributed by atoms with Gasteiger partial charge in [-0.25, -0.2) is 0 Å². The van der Waals surface area contributed by atoms with E-state index in [1.54, 1.807) is 0 Å². The van der Waals surface area contributed by atoms with Gasteiger partial charge in [0.15, 0.2) is 0 Å². The van der Waals surface area contributed by atoms with Crippen LogP contribution in [0.15, 0.2) is 28.7 Å². The van der Waals surface area contributed by atoms with E-state index in [2.05, 4.69) is 44.1 Å². The molecule has 1 unspecified atom stereocenters. The number of carbonyl (C=O) groups is 1. The van der Waals surface area contributed by atoms with Crippen molar-refractivity contribution in [1.82, 2.24) is 5.32 Å². The largest absolute Gasteiger partial charge is 0.350 e. The van der Waals surface area contributed by atoms with Crippen LogP contribution in [0, 0.1) is 0 Å². The smallest absolute Gasteiger partial charge is 0.224 e. The number of carbonyl (C=O) groups excluding carboxylic acids is 1. The summed E-state index contributed by atoms with van der Waals surface area (Å²) in [5.41, 5.74) is 0.866. The van der Waals surface area contributed by atoms with E-state index >= 15 is 0 Å². The number of hydrogen-bond acceptors (Lipinski definition) is 1. The van der Waals surface area contributed by atoms with Gasteiger partial charge >= 0.3 is 0 Å². The van der Waals surface area contributed by atoms with Gasteiger partial charge in [0.1, 0.15) is 0 Å². The van der Waals surface area contributed by atoms with Crippen LogP contribution in [-0.4, -0.2) is 16.8 Å². The molecule has 0 saturated heterocycles. The molecule has 2 nitrogen and oxygen atoms in total. The topological polar surface area (TPSA) is 29.1 Å². The molecule has 0 aliphatic carbocycles. The molecule has 94 valence electrons. The molecule has 1 rings (SSSR count). The third-order valence-corrected chi connectivity index (χ3v) is 4.56. The average Bonchev–Trinajstić information content (AvgIpc) is 2.32. The standard InChI is InChI=1S/C13H17Br2NO/c1-3-13(2,9-14)16-12(17)8-10-4-6-11(15)7-5-10/h4-7H,3,8-9H2,1-2H3,(H,16,17). The van der Waals surface area contributed by atoms with Gasteiger partial charge in [-0.05, 0) is 31.0 Å². The molecule has 0 fully saturated rings. The second-order valence-corrected chi connectivity index (χ2v) is 5.88. The highest BCUT2D eigenvalue weighted by Gasteiger charge is 2.22. The first kappa shape index (κ1) is 14.7. The number of hydrogen-bond donors (Lipinski definition) is 1. The van der Waals surface area contributed by atoms with Gasteiger partial charge in [0.2, 0.25) is 5.91 Å². The van der Waals surface area contributed by atoms with Gasteiger partial charge < -0.3 is 5.32 Å². The van der Waals surface area contributed by atoms with Crippen LogP contribution < -0.4 is 5.32 Å². The predicted octanol–water partition coefficient (Wildman–Crippen LogP) is 3.67. The lowest BCUT2D eigenvalue weighted by atomic mass is 10.0. The van der Waals surface area contributed by atoms with Gasteiger partial charge in [0.25, 0.3) is 0 Å². The molecular formula is C13H17Br2NO. The van der Waals surface area contributed by atoms with Crippen LogP contribution in [0.25, 0.3) is 0 Å². The molecule has 0 heterocycles. The first-order valence-electron chi connectivity index (χ1n) is 5.60. The zero-order valence-corrected chi connectivity index (χ0v) is 13.3. The summed E-state index contributed by atoms with van der Waals surface area (Å²) < 4.78 is 1.03.